The number of hydrogen-bond acceptors (Lipinski definition) is 3. The highest BCUT2D eigenvalue weighted by Gasteiger charge is 2.18. The van der Waals surface area contributed by atoms with Crippen LogP contribution in [0.2, 0.25) is 0 Å². The largest absolute Gasteiger partial charge is 0.469 e. The first-order valence-electron chi connectivity index (χ1n) is 6.06. The van der Waals surface area contributed by atoms with Crippen molar-refractivity contribution in [1.82, 2.24) is 9.78 Å². The molecular weight excluding hydrogens is 294 g/mol. The third kappa shape index (κ3) is 2.37. The molecule has 18 heavy (non-hydrogen) atoms. The summed E-state index contributed by atoms with van der Waals surface area (Å²) in [4.78, 5) is 0. The lowest BCUT2D eigenvalue weighted by molar-refractivity contribution is 0.520. The minimum Gasteiger partial charge on any atom is -0.469 e. The lowest BCUT2D eigenvalue weighted by Crippen LogP contribution is -2.16. The van der Waals surface area contributed by atoms with Gasteiger partial charge in [0, 0.05) is 24.6 Å². The summed E-state index contributed by atoms with van der Waals surface area (Å²) < 4.78 is 8.35. The smallest absolute Gasteiger partial charge is 0.105 e. The van der Waals surface area contributed by atoms with Crippen molar-refractivity contribution < 1.29 is 4.42 Å². The van der Waals surface area contributed by atoms with Crippen molar-refractivity contribution in [3.8, 4) is 0 Å². The zero-order valence-electron chi connectivity index (χ0n) is 10.9. The van der Waals surface area contributed by atoms with Gasteiger partial charge in [-0.2, -0.15) is 5.10 Å². The molecule has 0 saturated carbocycles. The zero-order valence-corrected chi connectivity index (χ0v) is 12.5. The van der Waals surface area contributed by atoms with Crippen LogP contribution in [0.5, 0.6) is 0 Å². The summed E-state index contributed by atoms with van der Waals surface area (Å²) in [6.07, 6.45) is 2.43. The van der Waals surface area contributed by atoms with Gasteiger partial charge in [0.1, 0.15) is 5.76 Å². The standard InChI is InChI=1S/C13H18BrN3O/c1-4-17-12(13(14)8(2)16-17)7-11(15)10-5-6-18-9(10)3/h5-6,11H,4,7,15H2,1-3H3. The maximum atomic E-state index is 6.25. The van der Waals surface area contributed by atoms with Crippen molar-refractivity contribution in [1.29, 1.82) is 0 Å². The number of aromatic nitrogens is 2. The molecule has 2 aromatic rings. The van der Waals surface area contributed by atoms with E-state index in [0.29, 0.717) is 0 Å². The van der Waals surface area contributed by atoms with E-state index >= 15 is 0 Å². The van der Waals surface area contributed by atoms with E-state index in [1.807, 2.05) is 24.6 Å². The molecule has 2 heterocycles. The van der Waals surface area contributed by atoms with Crippen molar-refractivity contribution in [2.75, 3.05) is 0 Å². The van der Waals surface area contributed by atoms with E-state index < -0.39 is 0 Å². The first-order chi connectivity index (χ1) is 8.54. The van der Waals surface area contributed by atoms with Gasteiger partial charge in [0.15, 0.2) is 0 Å². The van der Waals surface area contributed by atoms with Crippen LogP contribution in [-0.2, 0) is 13.0 Å². The Morgan fingerprint density at radius 2 is 2.22 bits per heavy atom. The molecule has 0 aliphatic carbocycles. The van der Waals surface area contributed by atoms with E-state index in [4.69, 9.17) is 10.2 Å². The monoisotopic (exact) mass is 311 g/mol. The van der Waals surface area contributed by atoms with Gasteiger partial charge in [0.05, 0.1) is 22.1 Å². The second-order valence-corrected chi connectivity index (χ2v) is 5.20. The van der Waals surface area contributed by atoms with E-state index in [2.05, 4.69) is 28.0 Å². The minimum atomic E-state index is -0.0681. The summed E-state index contributed by atoms with van der Waals surface area (Å²) in [7, 11) is 0. The Labute approximate surface area is 115 Å². The third-order valence-electron chi connectivity index (χ3n) is 3.16. The lowest BCUT2D eigenvalue weighted by Gasteiger charge is -2.12. The van der Waals surface area contributed by atoms with E-state index in [9.17, 15) is 0 Å². The Balaban J connectivity index is 2.27. The Morgan fingerprint density at radius 1 is 1.50 bits per heavy atom. The zero-order chi connectivity index (χ0) is 13.3. The van der Waals surface area contributed by atoms with Gasteiger partial charge >= 0.3 is 0 Å². The quantitative estimate of drug-likeness (QED) is 0.943. The van der Waals surface area contributed by atoms with Crippen LogP contribution in [0.1, 0.15) is 35.7 Å². The first-order valence-corrected chi connectivity index (χ1v) is 6.85. The molecule has 98 valence electrons. The highest BCUT2D eigenvalue weighted by Crippen LogP contribution is 2.27. The molecule has 0 spiro atoms. The minimum absolute atomic E-state index is 0.0681. The highest BCUT2D eigenvalue weighted by molar-refractivity contribution is 9.10. The van der Waals surface area contributed by atoms with Crippen molar-refractivity contribution in [3.63, 3.8) is 0 Å². The Hall–Kier alpha value is -1.07. The molecule has 1 unspecified atom stereocenters. The molecule has 0 radical (unpaired) electrons. The van der Waals surface area contributed by atoms with Crippen molar-refractivity contribution in [2.45, 2.75) is 39.8 Å². The average Bonchev–Trinajstić information content (AvgIpc) is 2.87. The topological polar surface area (TPSA) is 57.0 Å². The molecule has 0 aromatic carbocycles. The van der Waals surface area contributed by atoms with Gasteiger partial charge in [-0.15, -0.1) is 0 Å². The number of halogens is 1. The van der Waals surface area contributed by atoms with Crippen LogP contribution in [0.3, 0.4) is 0 Å². The van der Waals surface area contributed by atoms with Crippen molar-refractivity contribution >= 4 is 15.9 Å². The van der Waals surface area contributed by atoms with Crippen LogP contribution in [0.4, 0.5) is 0 Å². The summed E-state index contributed by atoms with van der Waals surface area (Å²) in [6.45, 7) is 6.86. The molecule has 0 bridgehead atoms. The summed E-state index contributed by atoms with van der Waals surface area (Å²) >= 11 is 3.59. The molecule has 2 N–H and O–H groups in total. The fourth-order valence-electron chi connectivity index (χ4n) is 2.16. The Morgan fingerprint density at radius 3 is 2.78 bits per heavy atom. The molecule has 0 amide bonds. The molecule has 2 rings (SSSR count). The molecule has 1 atom stereocenters. The van der Waals surface area contributed by atoms with Crippen LogP contribution in [-0.4, -0.2) is 9.78 Å². The van der Waals surface area contributed by atoms with E-state index in [1.54, 1.807) is 6.26 Å². The maximum Gasteiger partial charge on any atom is 0.105 e. The van der Waals surface area contributed by atoms with Gasteiger partial charge in [0.2, 0.25) is 0 Å². The lowest BCUT2D eigenvalue weighted by atomic mass is 10.0. The Bertz CT molecular complexity index is 544. The molecule has 0 aliphatic rings. The molecule has 0 saturated heterocycles. The number of rotatable bonds is 4. The predicted molar refractivity (Wildman–Crippen MR) is 74.4 cm³/mol. The normalized spacial score (nSPS) is 12.9. The summed E-state index contributed by atoms with van der Waals surface area (Å²) in [5.41, 5.74) is 9.46. The number of nitrogens with zero attached hydrogens (tertiary/aromatic N) is 2. The third-order valence-corrected chi connectivity index (χ3v) is 4.20. The SMILES string of the molecule is CCn1nc(C)c(Br)c1CC(N)c1ccoc1C. The molecule has 4 nitrogen and oxygen atoms in total. The molecule has 0 aliphatic heterocycles. The van der Waals surface area contributed by atoms with E-state index in [-0.39, 0.29) is 6.04 Å². The molecular formula is C13H18BrN3O. The second kappa shape index (κ2) is 5.28. The van der Waals surface area contributed by atoms with Crippen molar-refractivity contribution in [3.05, 3.63) is 39.5 Å². The second-order valence-electron chi connectivity index (χ2n) is 4.40. The number of furan rings is 1. The number of hydrogen-bond donors (Lipinski definition) is 1. The summed E-state index contributed by atoms with van der Waals surface area (Å²) in [5, 5.41) is 4.48. The van der Waals surface area contributed by atoms with Crippen LogP contribution in [0.15, 0.2) is 21.2 Å². The molecule has 5 heteroatoms. The van der Waals surface area contributed by atoms with Gasteiger partial charge in [-0.3, -0.25) is 4.68 Å². The summed E-state index contributed by atoms with van der Waals surface area (Å²) in [5.74, 6) is 0.887. The Kier molecular flexibility index (Phi) is 3.92. The number of aryl methyl sites for hydroxylation is 3. The predicted octanol–water partition coefficient (Wildman–Crippen LogP) is 3.12. The van der Waals surface area contributed by atoms with Crippen molar-refractivity contribution in [2.24, 2.45) is 5.73 Å². The van der Waals surface area contributed by atoms with Gasteiger partial charge in [-0.1, -0.05) is 0 Å². The maximum absolute atomic E-state index is 6.25. The fourth-order valence-corrected chi connectivity index (χ4v) is 2.61. The average molecular weight is 312 g/mol. The van der Waals surface area contributed by atoms with Gasteiger partial charge in [-0.05, 0) is 42.8 Å². The number of nitrogens with two attached hydrogens (primary N) is 1. The van der Waals surface area contributed by atoms with Crippen LogP contribution in [0.25, 0.3) is 0 Å². The van der Waals surface area contributed by atoms with Gasteiger partial charge in [0.25, 0.3) is 0 Å². The first kappa shape index (κ1) is 13.4. The van der Waals surface area contributed by atoms with E-state index in [0.717, 1.165) is 40.1 Å². The summed E-state index contributed by atoms with van der Waals surface area (Å²) in [6, 6.07) is 1.87. The van der Waals surface area contributed by atoms with Gasteiger partial charge in [-0.25, -0.2) is 0 Å². The van der Waals surface area contributed by atoms with Crippen LogP contribution in [0, 0.1) is 13.8 Å². The van der Waals surface area contributed by atoms with E-state index in [1.165, 1.54) is 0 Å². The van der Waals surface area contributed by atoms with Crippen LogP contribution < -0.4 is 5.73 Å². The van der Waals surface area contributed by atoms with Gasteiger partial charge < -0.3 is 10.2 Å². The molecule has 2 aromatic heterocycles. The highest BCUT2D eigenvalue weighted by atomic mass is 79.9. The van der Waals surface area contributed by atoms with Crippen LogP contribution >= 0.6 is 15.9 Å². The molecule has 0 fully saturated rings. The fraction of sp³-hybridized carbons (Fsp3) is 0.462.